The summed E-state index contributed by atoms with van der Waals surface area (Å²) in [5, 5.41) is 7.45. The van der Waals surface area contributed by atoms with E-state index in [4.69, 9.17) is 11.6 Å². The Bertz CT molecular complexity index is 1080. The molecule has 0 unspecified atom stereocenters. The van der Waals surface area contributed by atoms with Crippen LogP contribution in [0.3, 0.4) is 0 Å². The molecule has 0 saturated carbocycles. The van der Waals surface area contributed by atoms with Crippen LogP contribution >= 0.6 is 11.6 Å². The van der Waals surface area contributed by atoms with E-state index in [1.807, 2.05) is 49.4 Å². The summed E-state index contributed by atoms with van der Waals surface area (Å²) in [4.78, 5) is 15.7. The van der Waals surface area contributed by atoms with Gasteiger partial charge in [-0.15, -0.1) is 0 Å². The number of fused-ring (bicyclic) bond motifs is 1. The van der Waals surface area contributed by atoms with E-state index in [1.54, 1.807) is 12.1 Å². The van der Waals surface area contributed by atoms with Crippen molar-refractivity contribution in [3.05, 3.63) is 83.4 Å². The van der Waals surface area contributed by atoms with Gasteiger partial charge < -0.3 is 15.6 Å². The van der Waals surface area contributed by atoms with Gasteiger partial charge in [0.2, 0.25) is 0 Å². The van der Waals surface area contributed by atoms with Crippen LogP contribution in [0, 0.1) is 6.92 Å². The number of para-hydroxylation sites is 1. The number of rotatable bonds is 3. The SMILES string of the molecule is Cc1c(Cl)cccc1NC(=O)Nc1ccc(-c2cc3ccccc3[nH]2)cc1. The number of hydrogen-bond acceptors (Lipinski definition) is 1. The number of aromatic amines is 1. The molecule has 2 amide bonds. The lowest BCUT2D eigenvalue weighted by atomic mass is 10.1. The molecule has 1 heterocycles. The van der Waals surface area contributed by atoms with Gasteiger partial charge in [0.05, 0.1) is 0 Å². The summed E-state index contributed by atoms with van der Waals surface area (Å²) in [7, 11) is 0. The standard InChI is InChI=1S/C22H18ClN3O/c1-14-18(23)6-4-8-19(14)26-22(27)24-17-11-9-15(10-12-17)21-13-16-5-2-3-7-20(16)25-21/h2-13,25H,1H3,(H2,24,26,27). The Hall–Kier alpha value is -3.24. The Morgan fingerprint density at radius 1 is 0.926 bits per heavy atom. The molecule has 0 bridgehead atoms. The topological polar surface area (TPSA) is 56.9 Å². The van der Waals surface area contributed by atoms with E-state index in [0.29, 0.717) is 16.4 Å². The van der Waals surface area contributed by atoms with Crippen LogP contribution < -0.4 is 10.6 Å². The maximum atomic E-state index is 12.2. The molecule has 4 nitrogen and oxygen atoms in total. The second-order valence-corrected chi connectivity index (χ2v) is 6.75. The first-order chi connectivity index (χ1) is 13.1. The summed E-state index contributed by atoms with van der Waals surface area (Å²) in [6.07, 6.45) is 0. The van der Waals surface area contributed by atoms with Crippen LogP contribution in [0.25, 0.3) is 22.2 Å². The maximum absolute atomic E-state index is 12.2. The highest BCUT2D eigenvalue weighted by atomic mass is 35.5. The highest BCUT2D eigenvalue weighted by molar-refractivity contribution is 6.31. The van der Waals surface area contributed by atoms with Crippen molar-refractivity contribution in [2.45, 2.75) is 6.92 Å². The minimum absolute atomic E-state index is 0.307. The molecular weight excluding hydrogens is 358 g/mol. The van der Waals surface area contributed by atoms with Gasteiger partial charge in [-0.05, 0) is 54.4 Å². The molecule has 0 aliphatic heterocycles. The van der Waals surface area contributed by atoms with Gasteiger partial charge in [-0.3, -0.25) is 0 Å². The highest BCUT2D eigenvalue weighted by Gasteiger charge is 2.08. The van der Waals surface area contributed by atoms with E-state index in [2.05, 4.69) is 33.8 Å². The molecule has 134 valence electrons. The van der Waals surface area contributed by atoms with Crippen molar-refractivity contribution in [2.75, 3.05) is 10.6 Å². The van der Waals surface area contributed by atoms with Crippen LogP contribution in [0.4, 0.5) is 16.2 Å². The van der Waals surface area contributed by atoms with Crippen LogP contribution in [0.15, 0.2) is 72.8 Å². The summed E-state index contributed by atoms with van der Waals surface area (Å²) in [6, 6.07) is 23.1. The Kier molecular flexibility index (Phi) is 4.57. The second-order valence-electron chi connectivity index (χ2n) is 6.34. The van der Waals surface area contributed by atoms with Gasteiger partial charge in [0.25, 0.3) is 0 Å². The van der Waals surface area contributed by atoms with E-state index >= 15 is 0 Å². The van der Waals surface area contributed by atoms with Gasteiger partial charge in [-0.1, -0.05) is 48.0 Å². The smallest absolute Gasteiger partial charge is 0.323 e. The zero-order chi connectivity index (χ0) is 18.8. The summed E-state index contributed by atoms with van der Waals surface area (Å²) in [5.74, 6) is 0. The molecule has 4 aromatic rings. The van der Waals surface area contributed by atoms with E-state index in [-0.39, 0.29) is 6.03 Å². The van der Waals surface area contributed by atoms with Crippen LogP contribution in [-0.2, 0) is 0 Å². The molecule has 27 heavy (non-hydrogen) atoms. The summed E-state index contributed by atoms with van der Waals surface area (Å²) < 4.78 is 0. The Balaban J connectivity index is 1.47. The van der Waals surface area contributed by atoms with Crippen molar-refractivity contribution in [1.82, 2.24) is 4.98 Å². The highest BCUT2D eigenvalue weighted by Crippen LogP contribution is 2.26. The largest absolute Gasteiger partial charge is 0.355 e. The third kappa shape index (κ3) is 3.66. The van der Waals surface area contributed by atoms with Crippen LogP contribution in [0.5, 0.6) is 0 Å². The van der Waals surface area contributed by atoms with Gasteiger partial charge in [0.15, 0.2) is 0 Å². The van der Waals surface area contributed by atoms with Gasteiger partial charge in [0, 0.05) is 33.0 Å². The third-order valence-electron chi connectivity index (χ3n) is 4.50. The van der Waals surface area contributed by atoms with Crippen LogP contribution in [-0.4, -0.2) is 11.0 Å². The number of aromatic nitrogens is 1. The zero-order valence-electron chi connectivity index (χ0n) is 14.7. The fourth-order valence-corrected chi connectivity index (χ4v) is 3.16. The number of carbonyl (C=O) groups is 1. The zero-order valence-corrected chi connectivity index (χ0v) is 15.5. The monoisotopic (exact) mass is 375 g/mol. The number of amides is 2. The molecule has 1 aromatic heterocycles. The van der Waals surface area contributed by atoms with Crippen molar-refractivity contribution in [3.8, 4) is 11.3 Å². The van der Waals surface area contributed by atoms with Crippen LogP contribution in [0.2, 0.25) is 5.02 Å². The first kappa shape index (κ1) is 17.2. The van der Waals surface area contributed by atoms with E-state index in [0.717, 1.165) is 22.3 Å². The molecule has 0 saturated heterocycles. The number of anilines is 2. The quantitative estimate of drug-likeness (QED) is 0.379. The minimum Gasteiger partial charge on any atom is -0.355 e. The minimum atomic E-state index is -0.307. The van der Waals surface area contributed by atoms with Crippen molar-refractivity contribution in [3.63, 3.8) is 0 Å². The maximum Gasteiger partial charge on any atom is 0.323 e. The van der Waals surface area contributed by atoms with Crippen molar-refractivity contribution in [2.24, 2.45) is 0 Å². The summed E-state index contributed by atoms with van der Waals surface area (Å²) in [6.45, 7) is 1.87. The van der Waals surface area contributed by atoms with Gasteiger partial charge >= 0.3 is 6.03 Å². The number of urea groups is 1. The number of halogens is 1. The fraction of sp³-hybridized carbons (Fsp3) is 0.0455. The molecule has 0 aliphatic carbocycles. The van der Waals surface area contributed by atoms with Crippen LogP contribution in [0.1, 0.15) is 5.56 Å². The van der Waals surface area contributed by atoms with Gasteiger partial charge in [-0.25, -0.2) is 4.79 Å². The summed E-state index contributed by atoms with van der Waals surface area (Å²) in [5.41, 5.74) is 5.45. The van der Waals surface area contributed by atoms with Crippen molar-refractivity contribution < 1.29 is 4.79 Å². The molecule has 4 rings (SSSR count). The number of benzene rings is 3. The molecule has 5 heteroatoms. The number of carbonyl (C=O) groups excluding carboxylic acids is 1. The van der Waals surface area contributed by atoms with Crippen molar-refractivity contribution in [1.29, 1.82) is 0 Å². The molecule has 0 fully saturated rings. The first-order valence-corrected chi connectivity index (χ1v) is 8.99. The van der Waals surface area contributed by atoms with E-state index < -0.39 is 0 Å². The lowest BCUT2D eigenvalue weighted by molar-refractivity contribution is 0.262. The second kappa shape index (κ2) is 7.17. The molecule has 0 radical (unpaired) electrons. The van der Waals surface area contributed by atoms with Gasteiger partial charge in [0.1, 0.15) is 0 Å². The molecule has 3 aromatic carbocycles. The molecular formula is C22H18ClN3O. The molecule has 0 atom stereocenters. The average Bonchev–Trinajstić information content (AvgIpc) is 3.10. The van der Waals surface area contributed by atoms with Crippen molar-refractivity contribution >= 4 is 39.9 Å². The van der Waals surface area contributed by atoms with Gasteiger partial charge in [-0.2, -0.15) is 0 Å². The lowest BCUT2D eigenvalue weighted by Gasteiger charge is -2.11. The molecule has 3 N–H and O–H groups in total. The molecule has 0 aliphatic rings. The number of nitrogens with one attached hydrogen (secondary N) is 3. The molecule has 0 spiro atoms. The third-order valence-corrected chi connectivity index (χ3v) is 4.91. The van der Waals surface area contributed by atoms with E-state index in [9.17, 15) is 4.79 Å². The lowest BCUT2D eigenvalue weighted by Crippen LogP contribution is -2.19. The predicted octanol–water partition coefficient (Wildman–Crippen LogP) is 6.44. The fourth-order valence-electron chi connectivity index (χ4n) is 2.99. The van der Waals surface area contributed by atoms with E-state index in [1.165, 1.54) is 5.39 Å². The first-order valence-electron chi connectivity index (χ1n) is 8.61. The number of H-pyrrole nitrogens is 1. The summed E-state index contributed by atoms with van der Waals surface area (Å²) >= 11 is 6.09. The average molecular weight is 376 g/mol. The Morgan fingerprint density at radius 2 is 1.70 bits per heavy atom. The normalized spacial score (nSPS) is 10.7. The Labute approximate surface area is 162 Å². The predicted molar refractivity (Wildman–Crippen MR) is 113 cm³/mol. The number of hydrogen-bond donors (Lipinski definition) is 3. The Morgan fingerprint density at radius 3 is 2.48 bits per heavy atom.